The van der Waals surface area contributed by atoms with Gasteiger partial charge in [-0.05, 0) is 25.3 Å². The highest BCUT2D eigenvalue weighted by Crippen LogP contribution is 2.16. The first kappa shape index (κ1) is 14.2. The number of nitrogens with zero attached hydrogens (tertiary/aromatic N) is 2. The molecule has 0 fully saturated rings. The summed E-state index contributed by atoms with van der Waals surface area (Å²) in [5.74, 6) is 0.453. The minimum Gasteiger partial charge on any atom is -0.393 e. The first-order valence-corrected chi connectivity index (χ1v) is 6.45. The van der Waals surface area contributed by atoms with E-state index in [4.69, 9.17) is 0 Å². The number of aliphatic hydroxyl groups is 1. The van der Waals surface area contributed by atoms with Crippen LogP contribution in [0, 0.1) is 0 Å². The van der Waals surface area contributed by atoms with Crippen molar-refractivity contribution in [3.8, 4) is 0 Å². The second kappa shape index (κ2) is 6.77. The van der Waals surface area contributed by atoms with Gasteiger partial charge < -0.3 is 10.4 Å². The van der Waals surface area contributed by atoms with Crippen LogP contribution in [0.15, 0.2) is 6.20 Å². The summed E-state index contributed by atoms with van der Waals surface area (Å²) >= 11 is 0. The van der Waals surface area contributed by atoms with Gasteiger partial charge in [0.05, 0.1) is 11.8 Å². The number of hydrogen-bond acceptors (Lipinski definition) is 3. The summed E-state index contributed by atoms with van der Waals surface area (Å²) in [4.78, 5) is 0. The lowest BCUT2D eigenvalue weighted by atomic mass is 10.1. The zero-order valence-corrected chi connectivity index (χ0v) is 11.4. The van der Waals surface area contributed by atoms with Gasteiger partial charge in [-0.2, -0.15) is 5.10 Å². The summed E-state index contributed by atoms with van der Waals surface area (Å²) in [6.07, 6.45) is 3.53. The maximum atomic E-state index is 9.45. The molecule has 0 aliphatic carbocycles. The normalized spacial score (nSPS) is 13.3. The van der Waals surface area contributed by atoms with Crippen LogP contribution in [0.4, 0.5) is 0 Å². The largest absolute Gasteiger partial charge is 0.393 e. The van der Waals surface area contributed by atoms with Gasteiger partial charge in [0.2, 0.25) is 0 Å². The highest BCUT2D eigenvalue weighted by molar-refractivity contribution is 5.19. The van der Waals surface area contributed by atoms with Crippen LogP contribution in [0.25, 0.3) is 0 Å². The number of rotatable bonds is 7. The molecule has 17 heavy (non-hydrogen) atoms. The van der Waals surface area contributed by atoms with Crippen molar-refractivity contribution in [2.75, 3.05) is 6.54 Å². The van der Waals surface area contributed by atoms with Crippen LogP contribution in [-0.4, -0.2) is 27.5 Å². The molecule has 0 spiro atoms. The molecule has 4 nitrogen and oxygen atoms in total. The maximum Gasteiger partial charge on any atom is 0.0694 e. The maximum absolute atomic E-state index is 9.45. The molecule has 0 amide bonds. The molecule has 2 N–H and O–H groups in total. The Labute approximate surface area is 104 Å². The van der Waals surface area contributed by atoms with E-state index < -0.39 is 0 Å². The lowest BCUT2D eigenvalue weighted by molar-refractivity contribution is 0.159. The van der Waals surface area contributed by atoms with E-state index in [-0.39, 0.29) is 6.10 Å². The molecule has 1 aromatic rings. The van der Waals surface area contributed by atoms with Crippen molar-refractivity contribution in [3.63, 3.8) is 0 Å². The van der Waals surface area contributed by atoms with Crippen LogP contribution in [0.2, 0.25) is 0 Å². The quantitative estimate of drug-likeness (QED) is 0.713. The molecule has 98 valence electrons. The molecular formula is C13H25N3O. The van der Waals surface area contributed by atoms with Gasteiger partial charge in [0.25, 0.3) is 0 Å². The molecule has 0 aliphatic rings. The highest BCUT2D eigenvalue weighted by Gasteiger charge is 2.10. The number of hydrogen-bond donors (Lipinski definition) is 2. The van der Waals surface area contributed by atoms with E-state index in [1.165, 1.54) is 5.56 Å². The van der Waals surface area contributed by atoms with E-state index in [2.05, 4.69) is 30.5 Å². The Balaban J connectivity index is 2.41. The Morgan fingerprint density at radius 2 is 2.18 bits per heavy atom. The van der Waals surface area contributed by atoms with E-state index in [1.54, 1.807) is 0 Å². The minimum atomic E-state index is -0.180. The average Bonchev–Trinajstić information content (AvgIpc) is 2.65. The van der Waals surface area contributed by atoms with E-state index in [0.717, 1.165) is 31.6 Å². The third-order valence-electron chi connectivity index (χ3n) is 2.93. The first-order chi connectivity index (χ1) is 8.04. The molecule has 0 aromatic carbocycles. The van der Waals surface area contributed by atoms with Gasteiger partial charge in [-0.25, -0.2) is 0 Å². The second-order valence-electron chi connectivity index (χ2n) is 4.90. The van der Waals surface area contributed by atoms with Crippen molar-refractivity contribution in [2.45, 2.75) is 52.2 Å². The molecule has 0 saturated heterocycles. The molecule has 0 bridgehead atoms. The lowest BCUT2D eigenvalue weighted by Crippen LogP contribution is -2.20. The fraction of sp³-hybridized carbons (Fsp3) is 0.769. The van der Waals surface area contributed by atoms with Crippen molar-refractivity contribution in [1.29, 1.82) is 0 Å². The lowest BCUT2D eigenvalue weighted by Gasteiger charge is -2.09. The van der Waals surface area contributed by atoms with E-state index in [1.807, 2.05) is 18.7 Å². The zero-order chi connectivity index (χ0) is 12.8. The molecule has 1 aromatic heterocycles. The molecule has 0 saturated carbocycles. The molecule has 1 heterocycles. The van der Waals surface area contributed by atoms with Gasteiger partial charge in [-0.15, -0.1) is 0 Å². The summed E-state index contributed by atoms with van der Waals surface area (Å²) in [5, 5.41) is 17.3. The van der Waals surface area contributed by atoms with Crippen LogP contribution in [-0.2, 0) is 13.6 Å². The van der Waals surface area contributed by atoms with E-state index in [9.17, 15) is 5.11 Å². The standard InChI is InChI=1S/C13H25N3O/c1-5-12(17)6-7-14-8-11-9-16(4)15-13(11)10(2)3/h9-10,12,14,17H,5-8H2,1-4H3. The Hall–Kier alpha value is -0.870. The van der Waals surface area contributed by atoms with Gasteiger partial charge in [0.15, 0.2) is 0 Å². The van der Waals surface area contributed by atoms with Crippen LogP contribution in [0.1, 0.15) is 50.8 Å². The molecular weight excluding hydrogens is 214 g/mol. The summed E-state index contributed by atoms with van der Waals surface area (Å²) in [6, 6.07) is 0. The Bertz CT molecular complexity index is 333. The van der Waals surface area contributed by atoms with E-state index in [0.29, 0.717) is 5.92 Å². The monoisotopic (exact) mass is 239 g/mol. The first-order valence-electron chi connectivity index (χ1n) is 6.45. The van der Waals surface area contributed by atoms with Crippen molar-refractivity contribution < 1.29 is 5.11 Å². The summed E-state index contributed by atoms with van der Waals surface area (Å²) < 4.78 is 1.87. The fourth-order valence-electron chi connectivity index (χ4n) is 1.87. The smallest absolute Gasteiger partial charge is 0.0694 e. The minimum absolute atomic E-state index is 0.180. The van der Waals surface area contributed by atoms with Gasteiger partial charge in [0, 0.05) is 25.4 Å². The van der Waals surface area contributed by atoms with Gasteiger partial charge in [-0.3, -0.25) is 4.68 Å². The molecule has 4 heteroatoms. The Kier molecular flexibility index (Phi) is 5.65. The SMILES string of the molecule is CCC(O)CCNCc1cn(C)nc1C(C)C. The van der Waals surface area contributed by atoms with Crippen molar-refractivity contribution in [1.82, 2.24) is 15.1 Å². The van der Waals surface area contributed by atoms with Crippen molar-refractivity contribution in [2.24, 2.45) is 7.05 Å². The molecule has 1 atom stereocenters. The van der Waals surface area contributed by atoms with Crippen molar-refractivity contribution >= 4 is 0 Å². The Morgan fingerprint density at radius 1 is 1.47 bits per heavy atom. The second-order valence-corrected chi connectivity index (χ2v) is 4.90. The van der Waals surface area contributed by atoms with Crippen LogP contribution < -0.4 is 5.32 Å². The third-order valence-corrected chi connectivity index (χ3v) is 2.93. The van der Waals surface area contributed by atoms with Crippen LogP contribution in [0.5, 0.6) is 0 Å². The zero-order valence-electron chi connectivity index (χ0n) is 11.4. The Morgan fingerprint density at radius 3 is 2.76 bits per heavy atom. The average molecular weight is 239 g/mol. The number of aryl methyl sites for hydroxylation is 1. The van der Waals surface area contributed by atoms with Crippen LogP contribution in [0.3, 0.4) is 0 Å². The molecule has 0 radical (unpaired) electrons. The topological polar surface area (TPSA) is 50.1 Å². The number of nitrogens with one attached hydrogen (secondary N) is 1. The number of aliphatic hydroxyl groups excluding tert-OH is 1. The summed E-state index contributed by atoms with van der Waals surface area (Å²) in [5.41, 5.74) is 2.42. The highest BCUT2D eigenvalue weighted by atomic mass is 16.3. The van der Waals surface area contributed by atoms with Gasteiger partial charge >= 0.3 is 0 Å². The predicted molar refractivity (Wildman–Crippen MR) is 69.9 cm³/mol. The van der Waals surface area contributed by atoms with Gasteiger partial charge in [-0.1, -0.05) is 20.8 Å². The van der Waals surface area contributed by atoms with E-state index >= 15 is 0 Å². The molecule has 1 unspecified atom stereocenters. The van der Waals surface area contributed by atoms with Crippen LogP contribution >= 0.6 is 0 Å². The van der Waals surface area contributed by atoms with Crippen molar-refractivity contribution in [3.05, 3.63) is 17.5 Å². The van der Waals surface area contributed by atoms with Gasteiger partial charge in [0.1, 0.15) is 0 Å². The molecule has 0 aliphatic heterocycles. The third kappa shape index (κ3) is 4.48. The number of aromatic nitrogens is 2. The summed E-state index contributed by atoms with van der Waals surface area (Å²) in [7, 11) is 1.95. The predicted octanol–water partition coefficient (Wildman–Crippen LogP) is 1.79. The molecule has 1 rings (SSSR count). The fourth-order valence-corrected chi connectivity index (χ4v) is 1.87. The summed E-state index contributed by atoms with van der Waals surface area (Å²) in [6.45, 7) is 8.00.